The van der Waals surface area contributed by atoms with Gasteiger partial charge < -0.3 is 5.73 Å². The van der Waals surface area contributed by atoms with Crippen molar-refractivity contribution in [2.24, 2.45) is 5.73 Å². The molecule has 2 N–H and O–H groups in total. The van der Waals surface area contributed by atoms with Gasteiger partial charge in [-0.25, -0.2) is 9.97 Å². The molecule has 0 aliphatic heterocycles. The lowest BCUT2D eigenvalue weighted by Gasteiger charge is -2.03. The van der Waals surface area contributed by atoms with Crippen molar-refractivity contribution in [2.75, 3.05) is 0 Å². The molecule has 1 rings (SSSR count). The fourth-order valence-corrected chi connectivity index (χ4v) is 1.42. The molecule has 3 nitrogen and oxygen atoms in total. The SMILES string of the molecule is C=C(N)Cc1nccc(CCCCC)n1. The van der Waals surface area contributed by atoms with Crippen LogP contribution in [-0.4, -0.2) is 9.97 Å². The summed E-state index contributed by atoms with van der Waals surface area (Å²) in [6.07, 6.45) is 7.07. The largest absolute Gasteiger partial charge is 0.402 e. The average Bonchev–Trinajstić information content (AvgIpc) is 2.18. The molecule has 1 aromatic heterocycles. The highest BCUT2D eigenvalue weighted by atomic mass is 14.9. The lowest BCUT2D eigenvalue weighted by molar-refractivity contribution is 0.701. The molecule has 82 valence electrons. The van der Waals surface area contributed by atoms with Gasteiger partial charge >= 0.3 is 0 Å². The lowest BCUT2D eigenvalue weighted by Crippen LogP contribution is -2.05. The number of rotatable bonds is 6. The predicted molar refractivity (Wildman–Crippen MR) is 62.3 cm³/mol. The van der Waals surface area contributed by atoms with Crippen LogP contribution in [0.2, 0.25) is 0 Å². The molecule has 0 unspecified atom stereocenters. The van der Waals surface area contributed by atoms with E-state index in [1.807, 2.05) is 6.07 Å². The first-order valence-electron chi connectivity index (χ1n) is 5.46. The first kappa shape index (κ1) is 11.7. The Morgan fingerprint density at radius 2 is 2.27 bits per heavy atom. The minimum atomic E-state index is 0.571. The maximum absolute atomic E-state index is 5.52. The molecule has 0 atom stereocenters. The van der Waals surface area contributed by atoms with Gasteiger partial charge in [0.2, 0.25) is 0 Å². The van der Waals surface area contributed by atoms with Gasteiger partial charge in [0.05, 0.1) is 0 Å². The maximum Gasteiger partial charge on any atom is 0.134 e. The van der Waals surface area contributed by atoms with Gasteiger partial charge in [0, 0.05) is 24.0 Å². The topological polar surface area (TPSA) is 51.8 Å². The van der Waals surface area contributed by atoms with E-state index < -0.39 is 0 Å². The molecule has 1 heterocycles. The molecule has 0 saturated carbocycles. The van der Waals surface area contributed by atoms with Crippen LogP contribution in [0.3, 0.4) is 0 Å². The molecule has 0 radical (unpaired) electrons. The van der Waals surface area contributed by atoms with Crippen LogP contribution < -0.4 is 5.73 Å². The zero-order chi connectivity index (χ0) is 11.1. The van der Waals surface area contributed by atoms with Gasteiger partial charge in [0.15, 0.2) is 0 Å². The van der Waals surface area contributed by atoms with Crippen molar-refractivity contribution < 1.29 is 0 Å². The smallest absolute Gasteiger partial charge is 0.134 e. The molecular weight excluding hydrogens is 186 g/mol. The van der Waals surface area contributed by atoms with Gasteiger partial charge in [-0.1, -0.05) is 26.3 Å². The second-order valence-corrected chi connectivity index (χ2v) is 3.76. The summed E-state index contributed by atoms with van der Waals surface area (Å²) >= 11 is 0. The molecular formula is C12H19N3. The summed E-state index contributed by atoms with van der Waals surface area (Å²) in [4.78, 5) is 8.59. The second kappa shape index (κ2) is 6.17. The minimum Gasteiger partial charge on any atom is -0.402 e. The quantitative estimate of drug-likeness (QED) is 0.724. The molecule has 3 heteroatoms. The van der Waals surface area contributed by atoms with Gasteiger partial charge in [-0.15, -0.1) is 0 Å². The number of aryl methyl sites for hydroxylation is 1. The van der Waals surface area contributed by atoms with Crippen LogP contribution in [0, 0.1) is 0 Å². The van der Waals surface area contributed by atoms with Crippen LogP contribution in [0.15, 0.2) is 24.5 Å². The Morgan fingerprint density at radius 3 is 2.93 bits per heavy atom. The molecule has 1 aromatic rings. The number of hydrogen-bond acceptors (Lipinski definition) is 3. The summed E-state index contributed by atoms with van der Waals surface area (Å²) < 4.78 is 0. The summed E-state index contributed by atoms with van der Waals surface area (Å²) in [6, 6.07) is 1.97. The van der Waals surface area contributed by atoms with Crippen LogP contribution in [0.5, 0.6) is 0 Å². The number of hydrogen-bond donors (Lipinski definition) is 1. The zero-order valence-corrected chi connectivity index (χ0v) is 9.37. The monoisotopic (exact) mass is 205 g/mol. The Bertz CT molecular complexity index is 320. The average molecular weight is 205 g/mol. The third-order valence-corrected chi connectivity index (χ3v) is 2.18. The Hall–Kier alpha value is -1.38. The fraction of sp³-hybridized carbons (Fsp3) is 0.500. The Balaban J connectivity index is 2.53. The summed E-state index contributed by atoms with van der Waals surface area (Å²) in [5.41, 5.74) is 7.24. The predicted octanol–water partition coefficient (Wildman–Crippen LogP) is 2.22. The van der Waals surface area contributed by atoms with E-state index in [0.29, 0.717) is 12.1 Å². The number of aromatic nitrogens is 2. The van der Waals surface area contributed by atoms with Crippen molar-refractivity contribution in [1.82, 2.24) is 9.97 Å². The highest BCUT2D eigenvalue weighted by Gasteiger charge is 1.99. The van der Waals surface area contributed by atoms with Gasteiger partial charge in [-0.3, -0.25) is 0 Å². The van der Waals surface area contributed by atoms with E-state index in [1.165, 1.54) is 19.3 Å². The van der Waals surface area contributed by atoms with Gasteiger partial charge in [0.25, 0.3) is 0 Å². The van der Waals surface area contributed by atoms with Crippen LogP contribution >= 0.6 is 0 Å². The molecule has 0 amide bonds. The van der Waals surface area contributed by atoms with Crippen molar-refractivity contribution in [1.29, 1.82) is 0 Å². The Kier molecular flexibility index (Phi) is 4.81. The third kappa shape index (κ3) is 4.58. The molecule has 0 fully saturated rings. The molecule has 0 aliphatic carbocycles. The van der Waals surface area contributed by atoms with E-state index in [0.717, 1.165) is 17.9 Å². The van der Waals surface area contributed by atoms with Crippen LogP contribution in [-0.2, 0) is 12.8 Å². The van der Waals surface area contributed by atoms with Gasteiger partial charge in [-0.05, 0) is 18.9 Å². The Labute approximate surface area is 91.4 Å². The number of allylic oxidation sites excluding steroid dienone is 1. The third-order valence-electron chi connectivity index (χ3n) is 2.18. The number of nitrogens with zero attached hydrogens (tertiary/aromatic N) is 2. The van der Waals surface area contributed by atoms with Crippen LogP contribution in [0.25, 0.3) is 0 Å². The van der Waals surface area contributed by atoms with Crippen LogP contribution in [0.1, 0.15) is 37.7 Å². The van der Waals surface area contributed by atoms with E-state index >= 15 is 0 Å². The number of unbranched alkanes of at least 4 members (excludes halogenated alkanes) is 2. The normalized spacial score (nSPS) is 10.2. The van der Waals surface area contributed by atoms with Crippen LogP contribution in [0.4, 0.5) is 0 Å². The van der Waals surface area contributed by atoms with E-state index in [-0.39, 0.29) is 0 Å². The van der Waals surface area contributed by atoms with E-state index in [4.69, 9.17) is 5.73 Å². The summed E-state index contributed by atoms with van der Waals surface area (Å²) in [6.45, 7) is 5.85. The second-order valence-electron chi connectivity index (χ2n) is 3.76. The van der Waals surface area contributed by atoms with Crippen molar-refractivity contribution in [3.8, 4) is 0 Å². The van der Waals surface area contributed by atoms with Gasteiger partial charge in [0.1, 0.15) is 5.82 Å². The summed E-state index contributed by atoms with van der Waals surface area (Å²) in [5, 5.41) is 0. The van der Waals surface area contributed by atoms with Crippen molar-refractivity contribution in [3.63, 3.8) is 0 Å². The van der Waals surface area contributed by atoms with Crippen molar-refractivity contribution in [3.05, 3.63) is 36.1 Å². The standard InChI is InChI=1S/C12H19N3/c1-3-4-5-6-11-7-8-14-12(15-11)9-10(2)13/h7-8H,2-6,9,13H2,1H3. The first-order valence-corrected chi connectivity index (χ1v) is 5.46. The fourth-order valence-electron chi connectivity index (χ4n) is 1.42. The summed E-state index contributed by atoms with van der Waals surface area (Å²) in [5.74, 6) is 0.775. The zero-order valence-electron chi connectivity index (χ0n) is 9.37. The van der Waals surface area contributed by atoms with E-state index in [1.54, 1.807) is 6.20 Å². The van der Waals surface area contributed by atoms with Gasteiger partial charge in [-0.2, -0.15) is 0 Å². The number of nitrogens with two attached hydrogens (primary N) is 1. The maximum atomic E-state index is 5.52. The van der Waals surface area contributed by atoms with Crippen molar-refractivity contribution in [2.45, 2.75) is 39.0 Å². The molecule has 0 spiro atoms. The Morgan fingerprint density at radius 1 is 1.47 bits per heavy atom. The minimum absolute atomic E-state index is 0.571. The molecule has 0 aromatic carbocycles. The lowest BCUT2D eigenvalue weighted by atomic mass is 10.1. The molecule has 0 saturated heterocycles. The summed E-state index contributed by atoms with van der Waals surface area (Å²) in [7, 11) is 0. The first-order chi connectivity index (χ1) is 7.22. The van der Waals surface area contributed by atoms with E-state index in [9.17, 15) is 0 Å². The highest BCUT2D eigenvalue weighted by molar-refractivity contribution is 5.07. The molecule has 0 bridgehead atoms. The van der Waals surface area contributed by atoms with Crippen molar-refractivity contribution >= 4 is 0 Å². The molecule has 0 aliphatic rings. The molecule has 15 heavy (non-hydrogen) atoms. The highest BCUT2D eigenvalue weighted by Crippen LogP contribution is 2.04. The van der Waals surface area contributed by atoms with E-state index in [2.05, 4.69) is 23.5 Å².